The third-order valence-electron chi connectivity index (χ3n) is 2.28. The van der Waals surface area contributed by atoms with Crippen molar-refractivity contribution in [3.63, 3.8) is 0 Å². The lowest BCUT2D eigenvalue weighted by molar-refractivity contribution is 0.558. The highest BCUT2D eigenvalue weighted by atomic mass is 32.1. The van der Waals surface area contributed by atoms with Crippen LogP contribution in [-0.4, -0.2) is 22.6 Å². The van der Waals surface area contributed by atoms with Gasteiger partial charge in [-0.1, -0.05) is 12.2 Å². The molecule has 1 aromatic heterocycles. The molecule has 0 fully saturated rings. The highest BCUT2D eigenvalue weighted by Crippen LogP contribution is 2.19. The molecule has 0 aliphatic carbocycles. The predicted molar refractivity (Wildman–Crippen MR) is 68.0 cm³/mol. The number of nitrogens with two attached hydrogens (primary N) is 1. The molecule has 6 heteroatoms. The third-order valence-corrected chi connectivity index (χ3v) is 2.49. The van der Waals surface area contributed by atoms with Gasteiger partial charge in [-0.3, -0.25) is 0 Å². The SMILES string of the molecule is CC(C)N(CCC(N)=S)c1ncc(F)cc1F. The minimum atomic E-state index is -0.690. The highest BCUT2D eigenvalue weighted by Gasteiger charge is 2.16. The first kappa shape index (κ1) is 13.8. The summed E-state index contributed by atoms with van der Waals surface area (Å²) in [6, 6.07) is 0.843. The van der Waals surface area contributed by atoms with Crippen LogP contribution in [0, 0.1) is 11.6 Å². The number of halogens is 2. The molecule has 1 rings (SSSR count). The van der Waals surface area contributed by atoms with Gasteiger partial charge in [0.05, 0.1) is 11.2 Å². The molecule has 0 unspecified atom stereocenters. The largest absolute Gasteiger partial charge is 0.393 e. The van der Waals surface area contributed by atoms with E-state index in [-0.39, 0.29) is 11.9 Å². The first-order valence-electron chi connectivity index (χ1n) is 5.27. The number of rotatable bonds is 5. The van der Waals surface area contributed by atoms with Crippen LogP contribution in [0.2, 0.25) is 0 Å². The number of nitrogens with zero attached hydrogens (tertiary/aromatic N) is 2. The van der Waals surface area contributed by atoms with Gasteiger partial charge in [-0.15, -0.1) is 0 Å². The van der Waals surface area contributed by atoms with Gasteiger partial charge in [0.15, 0.2) is 11.6 Å². The maximum absolute atomic E-state index is 13.6. The van der Waals surface area contributed by atoms with E-state index in [2.05, 4.69) is 4.98 Å². The van der Waals surface area contributed by atoms with Gasteiger partial charge in [-0.25, -0.2) is 13.8 Å². The van der Waals surface area contributed by atoms with Gasteiger partial charge in [0.25, 0.3) is 0 Å². The second kappa shape index (κ2) is 5.86. The van der Waals surface area contributed by atoms with Crippen molar-refractivity contribution in [3.05, 3.63) is 23.9 Å². The van der Waals surface area contributed by atoms with Crippen LogP contribution in [0.25, 0.3) is 0 Å². The standard InChI is InChI=1S/C11H15F2N3S/c1-7(2)16(4-3-10(14)17)11-9(13)5-8(12)6-15-11/h5-7H,3-4H2,1-2H3,(H2,14,17). The molecular formula is C11H15F2N3S. The molecule has 0 radical (unpaired) electrons. The molecule has 0 saturated heterocycles. The van der Waals surface area contributed by atoms with Crippen LogP contribution < -0.4 is 10.6 Å². The Kier molecular flexibility index (Phi) is 4.74. The quantitative estimate of drug-likeness (QED) is 0.824. The Morgan fingerprint density at radius 3 is 2.65 bits per heavy atom. The minimum absolute atomic E-state index is 0.0248. The fourth-order valence-electron chi connectivity index (χ4n) is 1.46. The van der Waals surface area contributed by atoms with Crippen molar-refractivity contribution < 1.29 is 8.78 Å². The summed E-state index contributed by atoms with van der Waals surface area (Å²) in [4.78, 5) is 5.83. The van der Waals surface area contributed by atoms with Crippen molar-refractivity contribution in [2.45, 2.75) is 26.3 Å². The van der Waals surface area contributed by atoms with E-state index in [1.807, 2.05) is 13.8 Å². The van der Waals surface area contributed by atoms with E-state index >= 15 is 0 Å². The topological polar surface area (TPSA) is 42.1 Å². The number of hydrogen-bond donors (Lipinski definition) is 1. The molecule has 0 atom stereocenters. The van der Waals surface area contributed by atoms with E-state index in [4.69, 9.17) is 18.0 Å². The zero-order valence-electron chi connectivity index (χ0n) is 9.78. The van der Waals surface area contributed by atoms with Crippen LogP contribution in [0.15, 0.2) is 12.3 Å². The van der Waals surface area contributed by atoms with Crippen molar-refractivity contribution in [2.24, 2.45) is 5.73 Å². The molecule has 0 spiro atoms. The first-order valence-corrected chi connectivity index (χ1v) is 5.68. The van der Waals surface area contributed by atoms with E-state index in [0.29, 0.717) is 18.0 Å². The minimum Gasteiger partial charge on any atom is -0.393 e. The molecule has 2 N–H and O–H groups in total. The van der Waals surface area contributed by atoms with Crippen molar-refractivity contribution >= 4 is 23.0 Å². The molecule has 0 aliphatic heterocycles. The monoisotopic (exact) mass is 259 g/mol. The van der Waals surface area contributed by atoms with Gasteiger partial charge >= 0.3 is 0 Å². The van der Waals surface area contributed by atoms with Gasteiger partial charge in [0, 0.05) is 25.1 Å². The summed E-state index contributed by atoms with van der Waals surface area (Å²) in [5.41, 5.74) is 5.41. The van der Waals surface area contributed by atoms with E-state index < -0.39 is 11.6 Å². The second-order valence-electron chi connectivity index (χ2n) is 3.96. The first-order chi connectivity index (χ1) is 7.91. The fourth-order valence-corrected chi connectivity index (χ4v) is 1.55. The Hall–Kier alpha value is -1.30. The van der Waals surface area contributed by atoms with Crippen LogP contribution in [0.5, 0.6) is 0 Å². The molecule has 1 heterocycles. The molecule has 94 valence electrons. The average molecular weight is 259 g/mol. The Morgan fingerprint density at radius 2 is 2.18 bits per heavy atom. The van der Waals surface area contributed by atoms with Crippen LogP contribution in [0.3, 0.4) is 0 Å². The second-order valence-corrected chi connectivity index (χ2v) is 4.49. The normalized spacial score (nSPS) is 10.6. The van der Waals surface area contributed by atoms with Gasteiger partial charge < -0.3 is 10.6 Å². The number of aromatic nitrogens is 1. The number of hydrogen-bond acceptors (Lipinski definition) is 3. The smallest absolute Gasteiger partial charge is 0.168 e. The molecular weight excluding hydrogens is 244 g/mol. The summed E-state index contributed by atoms with van der Waals surface area (Å²) in [7, 11) is 0. The number of thiocarbonyl (C=S) groups is 1. The van der Waals surface area contributed by atoms with E-state index in [0.717, 1.165) is 12.3 Å². The van der Waals surface area contributed by atoms with Crippen LogP contribution in [0.4, 0.5) is 14.6 Å². The summed E-state index contributed by atoms with van der Waals surface area (Å²) < 4.78 is 26.3. The lowest BCUT2D eigenvalue weighted by Crippen LogP contribution is -2.35. The van der Waals surface area contributed by atoms with Crippen LogP contribution in [-0.2, 0) is 0 Å². The molecule has 3 nitrogen and oxygen atoms in total. The summed E-state index contributed by atoms with van der Waals surface area (Å²) in [5, 5.41) is 0. The summed E-state index contributed by atoms with van der Waals surface area (Å²) >= 11 is 4.78. The molecule has 0 amide bonds. The van der Waals surface area contributed by atoms with Crippen molar-refractivity contribution in [1.29, 1.82) is 0 Å². The summed E-state index contributed by atoms with van der Waals surface area (Å²) in [6.07, 6.45) is 1.46. The number of anilines is 1. The maximum atomic E-state index is 13.6. The van der Waals surface area contributed by atoms with Crippen molar-refractivity contribution in [2.75, 3.05) is 11.4 Å². The zero-order chi connectivity index (χ0) is 13.0. The van der Waals surface area contributed by atoms with E-state index in [9.17, 15) is 8.78 Å². The van der Waals surface area contributed by atoms with Crippen LogP contribution >= 0.6 is 12.2 Å². The average Bonchev–Trinajstić information content (AvgIpc) is 2.20. The Bertz CT molecular complexity index is 410. The van der Waals surface area contributed by atoms with Gasteiger partial charge in [0.1, 0.15) is 5.82 Å². The Morgan fingerprint density at radius 1 is 1.53 bits per heavy atom. The lowest BCUT2D eigenvalue weighted by Gasteiger charge is -2.27. The molecule has 0 aliphatic rings. The molecule has 17 heavy (non-hydrogen) atoms. The number of pyridine rings is 1. The third kappa shape index (κ3) is 3.89. The molecule has 0 saturated carbocycles. The Labute approximate surface area is 105 Å². The Balaban J connectivity index is 2.93. The molecule has 0 bridgehead atoms. The van der Waals surface area contributed by atoms with Crippen LogP contribution in [0.1, 0.15) is 20.3 Å². The summed E-state index contributed by atoms with van der Waals surface area (Å²) in [5.74, 6) is -1.25. The van der Waals surface area contributed by atoms with Gasteiger partial charge in [0.2, 0.25) is 0 Å². The van der Waals surface area contributed by atoms with E-state index in [1.165, 1.54) is 0 Å². The zero-order valence-corrected chi connectivity index (χ0v) is 10.6. The van der Waals surface area contributed by atoms with Gasteiger partial charge in [-0.05, 0) is 13.8 Å². The highest BCUT2D eigenvalue weighted by molar-refractivity contribution is 7.80. The maximum Gasteiger partial charge on any atom is 0.168 e. The lowest BCUT2D eigenvalue weighted by atomic mass is 10.2. The van der Waals surface area contributed by atoms with Crippen molar-refractivity contribution in [1.82, 2.24) is 4.98 Å². The molecule has 1 aromatic rings. The summed E-state index contributed by atoms with van der Waals surface area (Å²) in [6.45, 7) is 4.25. The fraction of sp³-hybridized carbons (Fsp3) is 0.455. The van der Waals surface area contributed by atoms with E-state index in [1.54, 1.807) is 4.90 Å². The van der Waals surface area contributed by atoms with Crippen molar-refractivity contribution in [3.8, 4) is 0 Å². The van der Waals surface area contributed by atoms with Gasteiger partial charge in [-0.2, -0.15) is 0 Å². The predicted octanol–water partition coefficient (Wildman–Crippen LogP) is 2.25. The molecule has 0 aromatic carbocycles.